The highest BCUT2D eigenvalue weighted by Crippen LogP contribution is 2.34. The Morgan fingerprint density at radius 2 is 0.793 bits per heavy atom. The van der Waals surface area contributed by atoms with E-state index in [0.29, 0.717) is 157 Å². The van der Waals surface area contributed by atoms with Crippen molar-refractivity contribution in [3.8, 4) is 45.0 Å². The van der Waals surface area contributed by atoms with Crippen molar-refractivity contribution in [1.82, 2.24) is 73.6 Å². The summed E-state index contributed by atoms with van der Waals surface area (Å²) in [7, 11) is 0. The number of aryl methyl sites for hydroxylation is 8. The maximum Gasteiger partial charge on any atom is 0.323 e. The summed E-state index contributed by atoms with van der Waals surface area (Å²) in [6, 6.07) is 34.8. The third kappa shape index (κ3) is 19.7. The second kappa shape index (κ2) is 35.2. The van der Waals surface area contributed by atoms with Crippen molar-refractivity contribution in [2.24, 2.45) is 23.7 Å². The van der Waals surface area contributed by atoms with Gasteiger partial charge in [0.25, 0.3) is 0 Å². The van der Waals surface area contributed by atoms with Crippen LogP contribution in [0.4, 0.5) is 82.8 Å². The van der Waals surface area contributed by atoms with Gasteiger partial charge in [-0.3, -0.25) is 30.6 Å². The van der Waals surface area contributed by atoms with E-state index in [-0.39, 0.29) is 47.4 Å². The van der Waals surface area contributed by atoms with Gasteiger partial charge < -0.3 is 51.5 Å². The number of hydrogen-bond donors (Lipinski definition) is 8. The molecule has 0 atom stereocenters. The van der Waals surface area contributed by atoms with Crippen LogP contribution in [-0.4, -0.2) is 150 Å². The van der Waals surface area contributed by atoms with Crippen molar-refractivity contribution in [3.05, 3.63) is 239 Å². The summed E-state index contributed by atoms with van der Waals surface area (Å²) < 4.78 is 64.9. The second-order valence-electron chi connectivity index (χ2n) is 29.8. The van der Waals surface area contributed by atoms with Crippen LogP contribution in [0, 0.1) is 102 Å². The summed E-state index contributed by atoms with van der Waals surface area (Å²) in [5.74, 6) is 2.96. The van der Waals surface area contributed by atoms with Gasteiger partial charge >= 0.3 is 24.1 Å². The van der Waals surface area contributed by atoms with Crippen LogP contribution < -0.4 is 44.2 Å². The first-order valence-corrected chi connectivity index (χ1v) is 37.8. The van der Waals surface area contributed by atoms with E-state index in [2.05, 4.69) is 65.9 Å². The Morgan fingerprint density at radius 3 is 1.10 bits per heavy atom. The Bertz CT molecular complexity index is 5250. The van der Waals surface area contributed by atoms with Crippen LogP contribution >= 0.6 is 0 Å². The molecule has 12 heterocycles. The number of imidazole rings is 1. The van der Waals surface area contributed by atoms with E-state index in [4.69, 9.17) is 27.4 Å². The normalized spacial score (nSPS) is 14.0. The van der Waals surface area contributed by atoms with E-state index >= 15 is 0 Å². The van der Waals surface area contributed by atoms with E-state index in [1.165, 1.54) is 48.5 Å². The molecule has 8 amide bonds. The van der Waals surface area contributed by atoms with E-state index in [1.54, 1.807) is 105 Å². The zero-order chi connectivity index (χ0) is 82.2. The molecular formula is C84H91F4N23O5. The zero-order valence-corrected chi connectivity index (χ0v) is 65.5. The molecule has 4 saturated heterocycles. The Kier molecular flexibility index (Phi) is 24.4. The number of carbonyl (C=O) groups is 4. The first-order valence-electron chi connectivity index (χ1n) is 37.8. The van der Waals surface area contributed by atoms with Gasteiger partial charge in [-0.2, -0.15) is 10.2 Å². The van der Waals surface area contributed by atoms with Crippen LogP contribution in [0.1, 0.15) is 51.0 Å². The number of benzene rings is 4. The quantitative estimate of drug-likeness (QED) is 0.0417. The van der Waals surface area contributed by atoms with Crippen molar-refractivity contribution < 1.29 is 41.2 Å². The summed E-state index contributed by atoms with van der Waals surface area (Å²) in [5, 5.41) is 19.8. The Morgan fingerprint density at radius 1 is 0.431 bits per heavy atom. The van der Waals surface area contributed by atoms with Gasteiger partial charge in [0, 0.05) is 154 Å². The summed E-state index contributed by atoms with van der Waals surface area (Å²) >= 11 is 0. The number of nitrogens with zero attached hydrogens (tertiary/aromatic N) is 15. The third-order valence-corrected chi connectivity index (χ3v) is 20.5. The monoisotopic (exact) mass is 1580 g/mol. The second-order valence-corrected chi connectivity index (χ2v) is 29.8. The number of pyridine rings is 4. The number of nitrogen functional groups attached to an aromatic ring is 4. The van der Waals surface area contributed by atoms with Crippen molar-refractivity contribution in [1.29, 1.82) is 0 Å². The van der Waals surface area contributed by atoms with Crippen molar-refractivity contribution in [2.75, 3.05) is 96.6 Å². The summed E-state index contributed by atoms with van der Waals surface area (Å²) in [5.41, 5.74) is 37.4. The number of nitrogens with two attached hydrogens (primary N) is 4. The SMILES string of the molecule is Cc1cc(F)ccc1-c1ccc(N)c(NC(=O)N2CC(Cn3cncc3C)C2)n1.Cc1cc(F)ccc1-c1ccc(N)c(NC(=O)N2CC(Cn3nccc3C)C2)n1.Cc1ccn(CC2CN(C(=O)Nc3nc(-c4ccc(F)cc4C)ccc3N)C2)n1.Cc1cnc(CC2CN(C(=O)Nc3nc(-c4ccc(F)cc4C)ccc3N)C2)o1. The number of amides is 8. The summed E-state index contributed by atoms with van der Waals surface area (Å²) in [6.45, 7) is 22.7. The van der Waals surface area contributed by atoms with E-state index in [0.717, 1.165) is 87.0 Å². The van der Waals surface area contributed by atoms with Gasteiger partial charge in [-0.05, 0) is 211 Å². The fraction of sp³-hybridized carbons (Fsp3) is 0.286. The van der Waals surface area contributed by atoms with Gasteiger partial charge in [0.1, 0.15) is 29.0 Å². The van der Waals surface area contributed by atoms with Gasteiger partial charge in [0.05, 0.1) is 63.7 Å². The molecule has 4 aromatic carbocycles. The molecule has 0 spiro atoms. The fourth-order valence-electron chi connectivity index (χ4n) is 13.9. The molecule has 4 aliphatic heterocycles. The Hall–Kier alpha value is -13.7. The number of anilines is 8. The highest BCUT2D eigenvalue weighted by molar-refractivity contribution is 5.95. The molecule has 4 aliphatic rings. The lowest BCUT2D eigenvalue weighted by atomic mass is 9.97. The fourth-order valence-corrected chi connectivity index (χ4v) is 13.9. The molecule has 12 N–H and O–H groups in total. The van der Waals surface area contributed by atoms with Crippen molar-refractivity contribution >= 4 is 70.1 Å². The number of rotatable bonds is 16. The zero-order valence-electron chi connectivity index (χ0n) is 65.5. The molecule has 8 aromatic heterocycles. The summed E-state index contributed by atoms with van der Waals surface area (Å²) in [6.07, 6.45) is 9.77. The Labute approximate surface area is 667 Å². The van der Waals surface area contributed by atoms with Crippen LogP contribution in [0.15, 0.2) is 169 Å². The number of halogens is 4. The molecule has 116 heavy (non-hydrogen) atoms. The number of carbonyl (C=O) groups excluding carboxylic acids is 4. The number of urea groups is 4. The van der Waals surface area contributed by atoms with Gasteiger partial charge in [0.15, 0.2) is 29.2 Å². The van der Waals surface area contributed by atoms with Gasteiger partial charge in [-0.1, -0.05) is 0 Å². The third-order valence-electron chi connectivity index (χ3n) is 20.5. The molecule has 32 heteroatoms. The topological polar surface area (TPSA) is 364 Å². The molecule has 16 rings (SSSR count). The number of oxazole rings is 1. The van der Waals surface area contributed by atoms with Crippen molar-refractivity contribution in [2.45, 2.75) is 81.4 Å². The lowest BCUT2D eigenvalue weighted by molar-refractivity contribution is 0.117. The molecule has 12 aromatic rings. The van der Waals surface area contributed by atoms with E-state index in [9.17, 15) is 36.7 Å². The Balaban J connectivity index is 0.000000135. The maximum atomic E-state index is 13.4. The highest BCUT2D eigenvalue weighted by Gasteiger charge is 2.36. The molecule has 0 radical (unpaired) electrons. The van der Waals surface area contributed by atoms with E-state index in [1.807, 2.05) is 95.6 Å². The smallest absolute Gasteiger partial charge is 0.323 e. The minimum atomic E-state index is -0.303. The standard InChI is InChI=1S/3C21H23FN6O.C21H22FN5O2/c1-13-7-16(22)3-4-17(13)19-6-5-18(23)20(25-19)26-21(29)27-9-15(10-27)11-28-12-24-8-14(28)2;1-13-9-16(22)3-4-17(13)19-6-5-18(23)20(24-19)25-21(29)27-10-15(11-27)12-28-8-7-14(2)26-28;1-13-9-16(22)3-4-17(13)19-6-5-18(23)20(25-19)26-21(29)27-10-15(11-27)12-28-14(2)7-8-24-28;1-12-7-15(22)3-4-16(12)18-6-5-17(23)20(25-18)26-21(28)27-10-14(11-27)8-19-24-9-13(2)29-19/h3-8,12,15H,9-11,23H2,1-2H3,(H,25,26,29);3-9,15H,10-12,23H2,1-2H3,(H,24,25,29);3-9,15H,10-12,23H2,1-2H3,(H,25,26,29);3-7,9,14H,8,10-11,23H2,1-2H3,(H,25,26,28). The van der Waals surface area contributed by atoms with Crippen molar-refractivity contribution in [3.63, 3.8) is 0 Å². The molecule has 0 unspecified atom stereocenters. The lowest BCUT2D eigenvalue weighted by Gasteiger charge is -2.39. The maximum absolute atomic E-state index is 13.4. The lowest BCUT2D eigenvalue weighted by Crippen LogP contribution is -2.53. The molecule has 4 fully saturated rings. The van der Waals surface area contributed by atoms with Crippen LogP contribution in [0.5, 0.6) is 0 Å². The molecule has 0 aliphatic carbocycles. The minimum absolute atomic E-state index is 0.226. The van der Waals surface area contributed by atoms with Crippen LogP contribution in [0.25, 0.3) is 45.0 Å². The number of aromatic nitrogens is 11. The molecule has 0 saturated carbocycles. The summed E-state index contributed by atoms with van der Waals surface area (Å²) in [4.78, 5) is 83.4. The van der Waals surface area contributed by atoms with E-state index < -0.39 is 0 Å². The average molecular weight is 1580 g/mol. The first kappa shape index (κ1) is 80.4. The predicted octanol–water partition coefficient (Wildman–Crippen LogP) is 14.1. The highest BCUT2D eigenvalue weighted by atomic mass is 19.1. The molecule has 28 nitrogen and oxygen atoms in total. The average Bonchev–Trinajstić information content (AvgIpc) is 1.02. The molecule has 0 bridgehead atoms. The number of nitrogens with one attached hydrogen (secondary N) is 4. The van der Waals surface area contributed by atoms with Gasteiger partial charge in [-0.25, -0.2) is 66.6 Å². The predicted molar refractivity (Wildman–Crippen MR) is 437 cm³/mol. The number of likely N-dealkylation sites (tertiary alicyclic amines) is 4. The molecular weight excluding hydrogens is 1490 g/mol. The van der Waals surface area contributed by atoms with Crippen LogP contribution in [-0.2, 0) is 26.1 Å². The minimum Gasteiger partial charge on any atom is -0.446 e. The van der Waals surface area contributed by atoms with Gasteiger partial charge in [0.2, 0.25) is 0 Å². The van der Waals surface area contributed by atoms with Crippen LogP contribution in [0.2, 0.25) is 0 Å². The van der Waals surface area contributed by atoms with Crippen LogP contribution in [0.3, 0.4) is 0 Å². The molecule has 600 valence electrons. The van der Waals surface area contributed by atoms with Gasteiger partial charge in [-0.15, -0.1) is 0 Å². The first-order chi connectivity index (χ1) is 55.6. The number of hydrogen-bond acceptors (Lipinski definition) is 17. The largest absolute Gasteiger partial charge is 0.446 e.